The molecule has 0 aliphatic carbocycles. The number of hydrogen-bond acceptors (Lipinski definition) is 4. The van der Waals surface area contributed by atoms with Crippen molar-refractivity contribution in [2.24, 2.45) is 11.8 Å². The van der Waals surface area contributed by atoms with E-state index in [2.05, 4.69) is 38.1 Å². The highest BCUT2D eigenvalue weighted by Gasteiger charge is 2.25. The maximum absolute atomic E-state index is 12.8. The van der Waals surface area contributed by atoms with Crippen molar-refractivity contribution in [2.75, 3.05) is 26.0 Å². The van der Waals surface area contributed by atoms with Gasteiger partial charge in [-0.3, -0.25) is 4.79 Å². The van der Waals surface area contributed by atoms with Gasteiger partial charge in [-0.15, -0.1) is 0 Å². The predicted octanol–water partition coefficient (Wildman–Crippen LogP) is 5.51. The fourth-order valence-electron chi connectivity index (χ4n) is 4.33. The maximum Gasteiger partial charge on any atom is 0.233 e. The minimum Gasteiger partial charge on any atom is -0.497 e. The number of hydrogen-bond donors (Lipinski definition) is 0. The summed E-state index contributed by atoms with van der Waals surface area (Å²) in [6.07, 6.45) is 1.20. The number of nitrogens with zero attached hydrogens (tertiary/aromatic N) is 2. The Kier molecular flexibility index (Phi) is 6.28. The van der Waals surface area contributed by atoms with E-state index in [1.165, 1.54) is 18.2 Å². The molecule has 4 rings (SSSR count). The molecule has 1 aliphatic heterocycles. The van der Waals surface area contributed by atoms with E-state index in [4.69, 9.17) is 9.72 Å². The van der Waals surface area contributed by atoms with Crippen molar-refractivity contribution in [3.05, 3.63) is 54.6 Å². The molecular weight excluding hydrogens is 392 g/mol. The van der Waals surface area contributed by atoms with Crippen LogP contribution in [0.1, 0.15) is 20.3 Å². The van der Waals surface area contributed by atoms with Crippen LogP contribution in [-0.4, -0.2) is 41.7 Å². The molecule has 1 amide bonds. The van der Waals surface area contributed by atoms with Gasteiger partial charge in [-0.2, -0.15) is 0 Å². The summed E-state index contributed by atoms with van der Waals surface area (Å²) in [5, 5.41) is 1.94. The molecule has 1 aromatic heterocycles. The highest BCUT2D eigenvalue weighted by atomic mass is 32.2. The zero-order valence-electron chi connectivity index (χ0n) is 17.8. The Morgan fingerprint density at radius 2 is 1.83 bits per heavy atom. The van der Waals surface area contributed by atoms with Gasteiger partial charge in [-0.25, -0.2) is 4.98 Å². The van der Waals surface area contributed by atoms with Crippen molar-refractivity contribution in [3.63, 3.8) is 0 Å². The second kappa shape index (κ2) is 9.09. The van der Waals surface area contributed by atoms with Gasteiger partial charge in [0.05, 0.1) is 23.4 Å². The molecule has 2 atom stereocenters. The standard InChI is InChI=1S/C25H28N2O2S/c1-17-11-18(2)15-27(14-17)25(28)16-30-24-13-22(19-7-5-4-6-8-19)21-10-9-20(29-3)12-23(21)26-24/h4-10,12-13,17-18H,11,14-16H2,1-3H3/t17-,18-/m0/s1. The number of aromatic nitrogens is 1. The molecule has 4 nitrogen and oxygen atoms in total. The number of fused-ring (bicyclic) bond motifs is 1. The quantitative estimate of drug-likeness (QED) is 0.511. The molecule has 2 heterocycles. The smallest absolute Gasteiger partial charge is 0.233 e. The first-order valence-electron chi connectivity index (χ1n) is 10.5. The number of pyridine rings is 1. The van der Waals surface area contributed by atoms with Crippen LogP contribution >= 0.6 is 11.8 Å². The molecule has 0 bridgehead atoms. The van der Waals surface area contributed by atoms with Crippen LogP contribution in [0.2, 0.25) is 0 Å². The van der Waals surface area contributed by atoms with Crippen LogP contribution < -0.4 is 4.74 Å². The van der Waals surface area contributed by atoms with Crippen molar-refractivity contribution in [1.29, 1.82) is 0 Å². The van der Waals surface area contributed by atoms with E-state index in [0.717, 1.165) is 45.9 Å². The van der Waals surface area contributed by atoms with E-state index in [-0.39, 0.29) is 5.91 Å². The minimum atomic E-state index is 0.201. The summed E-state index contributed by atoms with van der Waals surface area (Å²) in [7, 11) is 1.66. The number of thioether (sulfide) groups is 1. The summed E-state index contributed by atoms with van der Waals surface area (Å²) in [6.45, 7) is 6.18. The zero-order valence-corrected chi connectivity index (χ0v) is 18.6. The SMILES string of the molecule is COc1ccc2c(-c3ccccc3)cc(SCC(=O)N3C[C@@H](C)C[C@H](C)C3)nc2c1. The molecule has 0 unspecified atom stereocenters. The Bertz CT molecular complexity index is 1030. The summed E-state index contributed by atoms with van der Waals surface area (Å²) >= 11 is 1.52. The van der Waals surface area contributed by atoms with Gasteiger partial charge in [0.15, 0.2) is 0 Å². The summed E-state index contributed by atoms with van der Waals surface area (Å²) in [5.41, 5.74) is 3.14. The van der Waals surface area contributed by atoms with E-state index in [0.29, 0.717) is 17.6 Å². The van der Waals surface area contributed by atoms with Gasteiger partial charge in [0.1, 0.15) is 5.75 Å². The van der Waals surface area contributed by atoms with E-state index < -0.39 is 0 Å². The molecule has 5 heteroatoms. The lowest BCUT2D eigenvalue weighted by atomic mass is 9.92. The molecule has 1 fully saturated rings. The van der Waals surface area contributed by atoms with Crippen LogP contribution in [0.3, 0.4) is 0 Å². The lowest BCUT2D eigenvalue weighted by molar-refractivity contribution is -0.130. The predicted molar refractivity (Wildman–Crippen MR) is 124 cm³/mol. The molecule has 0 spiro atoms. The summed E-state index contributed by atoms with van der Waals surface area (Å²) in [5.74, 6) is 2.53. The first kappa shape index (κ1) is 20.7. The first-order chi connectivity index (χ1) is 14.5. The normalized spacial score (nSPS) is 19.1. The molecule has 30 heavy (non-hydrogen) atoms. The molecule has 2 aromatic carbocycles. The van der Waals surface area contributed by atoms with Crippen LogP contribution in [0.5, 0.6) is 5.75 Å². The monoisotopic (exact) mass is 420 g/mol. The summed E-state index contributed by atoms with van der Waals surface area (Å²) in [4.78, 5) is 19.7. The Morgan fingerprint density at radius 3 is 2.53 bits per heavy atom. The third kappa shape index (κ3) is 4.62. The van der Waals surface area contributed by atoms with Gasteiger partial charge in [-0.05, 0) is 47.6 Å². The molecule has 0 saturated carbocycles. The number of likely N-dealkylation sites (tertiary alicyclic amines) is 1. The highest BCUT2D eigenvalue weighted by Crippen LogP contribution is 2.33. The maximum atomic E-state index is 12.8. The topological polar surface area (TPSA) is 42.4 Å². The number of ether oxygens (including phenoxy) is 1. The molecule has 3 aromatic rings. The van der Waals surface area contributed by atoms with Crippen LogP contribution in [0.15, 0.2) is 59.6 Å². The van der Waals surface area contributed by atoms with Crippen molar-refractivity contribution in [1.82, 2.24) is 9.88 Å². The minimum absolute atomic E-state index is 0.201. The first-order valence-corrected chi connectivity index (χ1v) is 11.5. The van der Waals surface area contributed by atoms with Crippen LogP contribution in [-0.2, 0) is 4.79 Å². The van der Waals surface area contributed by atoms with Crippen LogP contribution in [0.25, 0.3) is 22.0 Å². The van der Waals surface area contributed by atoms with Crippen LogP contribution in [0.4, 0.5) is 0 Å². The summed E-state index contributed by atoms with van der Waals surface area (Å²) < 4.78 is 5.40. The van der Waals surface area contributed by atoms with Crippen molar-refractivity contribution < 1.29 is 9.53 Å². The van der Waals surface area contributed by atoms with Gasteiger partial charge >= 0.3 is 0 Å². The molecule has 1 saturated heterocycles. The largest absolute Gasteiger partial charge is 0.497 e. The second-order valence-corrected chi connectivity index (χ2v) is 9.29. The number of methoxy groups -OCH3 is 1. The Balaban J connectivity index is 1.61. The van der Waals surface area contributed by atoms with Crippen molar-refractivity contribution in [3.8, 4) is 16.9 Å². The average molecular weight is 421 g/mol. The van der Waals surface area contributed by atoms with Gasteiger partial charge < -0.3 is 9.64 Å². The molecular formula is C25H28N2O2S. The van der Waals surface area contributed by atoms with Gasteiger partial charge in [0, 0.05) is 24.5 Å². The fraction of sp³-hybridized carbons (Fsp3) is 0.360. The Labute approximate surface area is 182 Å². The highest BCUT2D eigenvalue weighted by molar-refractivity contribution is 7.99. The lowest BCUT2D eigenvalue weighted by Gasteiger charge is -2.35. The average Bonchev–Trinajstić information content (AvgIpc) is 2.76. The Hall–Kier alpha value is -2.53. The number of benzene rings is 2. The number of piperidine rings is 1. The molecule has 0 N–H and O–H groups in total. The number of carbonyl (C=O) groups is 1. The van der Waals surface area contributed by atoms with Crippen LogP contribution in [0, 0.1) is 11.8 Å². The third-order valence-corrected chi connectivity index (χ3v) is 6.54. The van der Waals surface area contributed by atoms with Gasteiger partial charge in [0.25, 0.3) is 0 Å². The van der Waals surface area contributed by atoms with E-state index in [9.17, 15) is 4.79 Å². The van der Waals surface area contributed by atoms with E-state index in [1.54, 1.807) is 7.11 Å². The Morgan fingerprint density at radius 1 is 1.10 bits per heavy atom. The molecule has 156 valence electrons. The lowest BCUT2D eigenvalue weighted by Crippen LogP contribution is -2.43. The number of carbonyl (C=O) groups excluding carboxylic acids is 1. The fourth-order valence-corrected chi connectivity index (χ4v) is 5.15. The van der Waals surface area contributed by atoms with Crippen molar-refractivity contribution in [2.45, 2.75) is 25.3 Å². The number of rotatable bonds is 5. The third-order valence-electron chi connectivity index (χ3n) is 5.64. The molecule has 1 aliphatic rings. The van der Waals surface area contributed by atoms with Crippen molar-refractivity contribution >= 4 is 28.6 Å². The van der Waals surface area contributed by atoms with E-state index >= 15 is 0 Å². The van der Waals surface area contributed by atoms with Gasteiger partial charge in [-0.1, -0.05) is 55.9 Å². The van der Waals surface area contributed by atoms with Gasteiger partial charge in [0.2, 0.25) is 5.91 Å². The summed E-state index contributed by atoms with van der Waals surface area (Å²) in [6, 6.07) is 18.4. The second-order valence-electron chi connectivity index (χ2n) is 8.29. The van der Waals surface area contributed by atoms with E-state index in [1.807, 2.05) is 35.2 Å². The zero-order chi connectivity index (χ0) is 21.1. The number of amides is 1. The molecule has 0 radical (unpaired) electrons.